The highest BCUT2D eigenvalue weighted by molar-refractivity contribution is 7.99. The second-order valence-electron chi connectivity index (χ2n) is 9.50. The summed E-state index contributed by atoms with van der Waals surface area (Å²) in [5.41, 5.74) is 4.58. The molecule has 192 valence electrons. The summed E-state index contributed by atoms with van der Waals surface area (Å²) >= 11 is 8.42. The van der Waals surface area contributed by atoms with Gasteiger partial charge in [-0.25, -0.2) is 5.48 Å². The normalized spacial score (nSPS) is 15.7. The van der Waals surface area contributed by atoms with Gasteiger partial charge in [0.05, 0.1) is 23.1 Å². The first-order valence-corrected chi connectivity index (χ1v) is 13.8. The average molecular weight is 528 g/mol. The first-order valence-electron chi connectivity index (χ1n) is 12.4. The van der Waals surface area contributed by atoms with E-state index in [0.717, 1.165) is 73.3 Å². The Bertz CT molecular complexity index is 1200. The quantitative estimate of drug-likeness (QED) is 0.194. The summed E-state index contributed by atoms with van der Waals surface area (Å²) in [4.78, 5) is 21.0. The van der Waals surface area contributed by atoms with E-state index in [1.807, 2.05) is 35.4 Å². The highest BCUT2D eigenvalue weighted by Gasteiger charge is 2.40. The van der Waals surface area contributed by atoms with Crippen molar-refractivity contribution >= 4 is 40.2 Å². The van der Waals surface area contributed by atoms with Crippen LogP contribution in [0.2, 0.25) is 5.02 Å². The smallest absolute Gasteiger partial charge is 0.249 e. The maximum atomic E-state index is 12.8. The number of piperidine rings is 1. The molecule has 0 saturated carbocycles. The van der Waals surface area contributed by atoms with Crippen LogP contribution in [0.25, 0.3) is 10.9 Å². The number of methoxy groups -OCH3 is 1. The number of rotatable bonds is 10. The van der Waals surface area contributed by atoms with Crippen LogP contribution in [0.5, 0.6) is 5.75 Å². The number of amides is 1. The number of pyridine rings is 1. The lowest BCUT2D eigenvalue weighted by Crippen LogP contribution is -2.48. The predicted octanol–water partition coefficient (Wildman–Crippen LogP) is 5.91. The molecule has 36 heavy (non-hydrogen) atoms. The summed E-state index contributed by atoms with van der Waals surface area (Å²) < 4.78 is 5.39. The molecule has 0 atom stereocenters. The van der Waals surface area contributed by atoms with Gasteiger partial charge in [-0.3, -0.25) is 15.0 Å². The predicted molar refractivity (Wildman–Crippen MR) is 146 cm³/mol. The van der Waals surface area contributed by atoms with Crippen LogP contribution in [-0.2, 0) is 11.2 Å². The molecule has 1 aromatic heterocycles. The lowest BCUT2D eigenvalue weighted by molar-refractivity contribution is -0.143. The number of carbonyl (C=O) groups excluding carboxylic acids is 1. The van der Waals surface area contributed by atoms with Crippen molar-refractivity contribution < 1.29 is 14.7 Å². The fourth-order valence-corrected chi connectivity index (χ4v) is 6.39. The topological polar surface area (TPSA) is 74.7 Å². The molecular weight excluding hydrogens is 494 g/mol. The summed E-state index contributed by atoms with van der Waals surface area (Å²) in [5, 5.41) is 11.1. The van der Waals surface area contributed by atoms with Crippen molar-refractivity contribution in [2.24, 2.45) is 5.41 Å². The van der Waals surface area contributed by atoms with Gasteiger partial charge >= 0.3 is 0 Å². The molecule has 0 bridgehead atoms. The third-order valence-electron chi connectivity index (χ3n) is 7.37. The molecule has 2 heterocycles. The lowest BCUT2D eigenvalue weighted by atomic mass is 9.73. The Labute approximate surface area is 222 Å². The van der Waals surface area contributed by atoms with Crippen molar-refractivity contribution in [1.29, 1.82) is 0 Å². The molecular formula is C28H34ClN3O3S. The Morgan fingerprint density at radius 2 is 2.03 bits per heavy atom. The standard InChI is InChI=1S/C28H34ClN3O3S/c1-20-6-3-4-8-26(20)36-17-16-32-14-12-28(13-15-32,27(33)31-34)11-5-7-22-23-18-21(35-2)9-10-25(23)30-19-24(22)29/h3-4,6,8-10,18-19,34H,5,7,11-17H2,1-2H3,(H,31,33). The van der Waals surface area contributed by atoms with Gasteiger partial charge in [-0.1, -0.05) is 29.8 Å². The van der Waals surface area contributed by atoms with Gasteiger partial charge in [0.15, 0.2) is 0 Å². The summed E-state index contributed by atoms with van der Waals surface area (Å²) in [6, 6.07) is 14.2. The van der Waals surface area contributed by atoms with Crippen LogP contribution in [0.1, 0.15) is 36.8 Å². The maximum Gasteiger partial charge on any atom is 0.249 e. The van der Waals surface area contributed by atoms with Gasteiger partial charge in [-0.2, -0.15) is 0 Å². The monoisotopic (exact) mass is 527 g/mol. The highest BCUT2D eigenvalue weighted by atomic mass is 35.5. The number of benzene rings is 2. The lowest BCUT2D eigenvalue weighted by Gasteiger charge is -2.40. The van der Waals surface area contributed by atoms with Gasteiger partial charge in [0.1, 0.15) is 5.75 Å². The van der Waals surface area contributed by atoms with E-state index in [1.54, 1.807) is 13.3 Å². The third-order valence-corrected chi connectivity index (χ3v) is 8.85. The van der Waals surface area contributed by atoms with Gasteiger partial charge in [0.2, 0.25) is 5.91 Å². The van der Waals surface area contributed by atoms with Crippen molar-refractivity contribution in [2.75, 3.05) is 32.5 Å². The maximum absolute atomic E-state index is 12.8. The molecule has 1 aliphatic heterocycles. The van der Waals surface area contributed by atoms with Crippen LogP contribution in [0.3, 0.4) is 0 Å². The Hall–Kier alpha value is -2.32. The number of carbonyl (C=O) groups is 1. The minimum absolute atomic E-state index is 0.274. The first kappa shape index (κ1) is 26.7. The number of fused-ring (bicyclic) bond motifs is 1. The molecule has 1 aliphatic rings. The average Bonchev–Trinajstić information content (AvgIpc) is 2.91. The zero-order valence-corrected chi connectivity index (χ0v) is 22.5. The van der Waals surface area contributed by atoms with Gasteiger partial charge < -0.3 is 9.64 Å². The number of hydrogen-bond acceptors (Lipinski definition) is 6. The molecule has 0 radical (unpaired) electrons. The van der Waals surface area contributed by atoms with Crippen LogP contribution in [0.15, 0.2) is 53.6 Å². The van der Waals surface area contributed by atoms with Crippen molar-refractivity contribution in [2.45, 2.75) is 43.9 Å². The van der Waals surface area contributed by atoms with Crippen molar-refractivity contribution in [3.05, 3.63) is 64.8 Å². The first-order chi connectivity index (χ1) is 17.5. The molecule has 1 fully saturated rings. The third kappa shape index (κ3) is 6.14. The number of nitrogens with one attached hydrogen (secondary N) is 1. The summed E-state index contributed by atoms with van der Waals surface area (Å²) in [6.07, 6.45) is 5.35. The Kier molecular flexibility index (Phi) is 9.12. The Morgan fingerprint density at radius 1 is 1.25 bits per heavy atom. The largest absolute Gasteiger partial charge is 0.497 e. The van der Waals surface area contributed by atoms with E-state index >= 15 is 0 Å². The number of aryl methyl sites for hydroxylation is 2. The number of hydrogen-bond donors (Lipinski definition) is 2. The number of likely N-dealkylation sites (tertiary alicyclic amines) is 1. The zero-order chi connectivity index (χ0) is 25.5. The van der Waals surface area contributed by atoms with E-state index in [4.69, 9.17) is 16.3 Å². The molecule has 0 spiro atoms. The van der Waals surface area contributed by atoms with E-state index in [0.29, 0.717) is 11.4 Å². The highest BCUT2D eigenvalue weighted by Crippen LogP contribution is 2.38. The van der Waals surface area contributed by atoms with E-state index < -0.39 is 5.41 Å². The van der Waals surface area contributed by atoms with Crippen LogP contribution in [0.4, 0.5) is 0 Å². The summed E-state index contributed by atoms with van der Waals surface area (Å²) in [7, 11) is 1.64. The van der Waals surface area contributed by atoms with Crippen molar-refractivity contribution in [3.8, 4) is 5.75 Å². The fraction of sp³-hybridized carbons (Fsp3) is 0.429. The molecule has 4 rings (SSSR count). The van der Waals surface area contributed by atoms with Crippen molar-refractivity contribution in [1.82, 2.24) is 15.4 Å². The van der Waals surface area contributed by atoms with Crippen LogP contribution < -0.4 is 10.2 Å². The second kappa shape index (κ2) is 12.3. The molecule has 8 heteroatoms. The van der Waals surface area contributed by atoms with Gasteiger partial charge in [0.25, 0.3) is 0 Å². The van der Waals surface area contributed by atoms with Gasteiger partial charge in [-0.15, -0.1) is 11.8 Å². The molecule has 1 amide bonds. The molecule has 1 saturated heterocycles. The second-order valence-corrected chi connectivity index (χ2v) is 11.0. The summed E-state index contributed by atoms with van der Waals surface area (Å²) in [5.74, 6) is 1.50. The van der Waals surface area contributed by atoms with Crippen LogP contribution >= 0.6 is 23.4 Å². The Balaban J connectivity index is 1.36. The number of ether oxygens (including phenoxy) is 1. The number of nitrogens with zero attached hydrogens (tertiary/aromatic N) is 2. The zero-order valence-electron chi connectivity index (χ0n) is 20.9. The number of hydroxylamine groups is 1. The molecule has 0 unspecified atom stereocenters. The number of halogens is 1. The SMILES string of the molecule is COc1ccc2ncc(Cl)c(CCCC3(C(=O)NO)CCN(CCSc4ccccc4C)CC3)c2c1. The van der Waals surface area contributed by atoms with E-state index in [-0.39, 0.29) is 5.91 Å². The van der Waals surface area contributed by atoms with E-state index in [1.165, 1.54) is 10.5 Å². The van der Waals surface area contributed by atoms with Gasteiger partial charge in [0, 0.05) is 28.8 Å². The molecule has 6 nitrogen and oxygen atoms in total. The number of aromatic nitrogens is 1. The Morgan fingerprint density at radius 3 is 2.75 bits per heavy atom. The van der Waals surface area contributed by atoms with Gasteiger partial charge in [-0.05, 0) is 87.5 Å². The molecule has 3 aromatic rings. The van der Waals surface area contributed by atoms with Crippen LogP contribution in [0, 0.1) is 12.3 Å². The molecule has 2 aromatic carbocycles. The molecule has 2 N–H and O–H groups in total. The van der Waals surface area contributed by atoms with E-state index in [9.17, 15) is 10.0 Å². The van der Waals surface area contributed by atoms with E-state index in [2.05, 4.69) is 41.1 Å². The van der Waals surface area contributed by atoms with Crippen LogP contribution in [-0.4, -0.2) is 53.5 Å². The number of thioether (sulfide) groups is 1. The van der Waals surface area contributed by atoms with Crippen molar-refractivity contribution in [3.63, 3.8) is 0 Å². The summed E-state index contributed by atoms with van der Waals surface area (Å²) in [6.45, 7) is 4.82. The fourth-order valence-electron chi connectivity index (χ4n) is 5.10. The minimum atomic E-state index is -0.568. The minimum Gasteiger partial charge on any atom is -0.497 e. The molecule has 0 aliphatic carbocycles.